The minimum atomic E-state index is -4.20. The Labute approximate surface area is 177 Å². The summed E-state index contributed by atoms with van der Waals surface area (Å²) in [5, 5.41) is 11.4. The van der Waals surface area contributed by atoms with Crippen LogP contribution in [0.1, 0.15) is 15.9 Å². The topological polar surface area (TPSA) is 110 Å². The van der Waals surface area contributed by atoms with Gasteiger partial charge in [-0.3, -0.25) is 4.72 Å². The van der Waals surface area contributed by atoms with Gasteiger partial charge in [-0.1, -0.05) is 41.9 Å². The Morgan fingerprint density at radius 2 is 1.70 bits per heavy atom. The number of carboxylic acid groups (broad SMARTS) is 1. The maximum atomic E-state index is 13.0. The van der Waals surface area contributed by atoms with E-state index in [0.717, 1.165) is 11.6 Å². The summed E-state index contributed by atoms with van der Waals surface area (Å²) in [7, 11) is -4.20. The van der Waals surface area contributed by atoms with Crippen molar-refractivity contribution in [2.75, 3.05) is 10.1 Å². The maximum absolute atomic E-state index is 13.0. The molecule has 0 heterocycles. The molecule has 0 aromatic heterocycles. The quantitative estimate of drug-likeness (QED) is 0.457. The highest BCUT2D eigenvalue weighted by atomic mass is 35.5. The van der Waals surface area contributed by atoms with Crippen molar-refractivity contribution in [1.29, 1.82) is 0 Å². The van der Waals surface area contributed by atoms with Crippen LogP contribution < -0.4 is 20.7 Å². The van der Waals surface area contributed by atoms with Gasteiger partial charge in [-0.25, -0.2) is 18.2 Å². The molecule has 0 atom stereocenters. The summed E-state index contributed by atoms with van der Waals surface area (Å²) in [6.07, 6.45) is 0. The summed E-state index contributed by atoms with van der Waals surface area (Å²) in [5.41, 5.74) is 6.24. The van der Waals surface area contributed by atoms with Crippen molar-refractivity contribution in [2.24, 2.45) is 0 Å². The van der Waals surface area contributed by atoms with E-state index in [1.807, 2.05) is 0 Å². The number of carbonyl (C=O) groups is 1. The standard InChI is InChI=1S/C20H17ClFN3O4S/c21-16-3-1-2-4-17(16)25-30(28,29)19-11-14(20(26)27)7-10-18(19)24-23-12-13-5-8-15(22)9-6-13/h1-11,23-25H,12H2,(H,26,27)/p-1. The Morgan fingerprint density at radius 3 is 2.37 bits per heavy atom. The first-order valence-corrected chi connectivity index (χ1v) is 10.5. The fourth-order valence-electron chi connectivity index (χ4n) is 2.56. The third kappa shape index (κ3) is 5.26. The number of hydrogen-bond acceptors (Lipinski definition) is 6. The summed E-state index contributed by atoms with van der Waals surface area (Å²) in [6.45, 7) is 0.250. The Kier molecular flexibility index (Phi) is 6.56. The molecule has 0 unspecified atom stereocenters. The maximum Gasteiger partial charge on any atom is 0.264 e. The Balaban J connectivity index is 1.87. The summed E-state index contributed by atoms with van der Waals surface area (Å²) in [4.78, 5) is 10.9. The van der Waals surface area contributed by atoms with E-state index in [9.17, 15) is 22.7 Å². The lowest BCUT2D eigenvalue weighted by atomic mass is 10.2. The molecule has 3 N–H and O–H groups in total. The molecule has 156 valence electrons. The van der Waals surface area contributed by atoms with E-state index in [4.69, 9.17) is 11.6 Å². The van der Waals surface area contributed by atoms with Gasteiger partial charge in [0.05, 0.1) is 22.4 Å². The van der Waals surface area contributed by atoms with Gasteiger partial charge < -0.3 is 15.3 Å². The van der Waals surface area contributed by atoms with Crippen LogP contribution in [0.3, 0.4) is 0 Å². The van der Waals surface area contributed by atoms with Crippen molar-refractivity contribution in [2.45, 2.75) is 11.4 Å². The van der Waals surface area contributed by atoms with Gasteiger partial charge in [-0.2, -0.15) is 0 Å². The summed E-state index contributed by atoms with van der Waals surface area (Å²) in [5.74, 6) is -1.89. The number of rotatable bonds is 8. The zero-order valence-corrected chi connectivity index (χ0v) is 16.9. The highest BCUT2D eigenvalue weighted by Gasteiger charge is 2.21. The number of carbonyl (C=O) groups excluding carboxylic acids is 1. The van der Waals surface area contributed by atoms with Gasteiger partial charge in [0, 0.05) is 6.54 Å². The molecule has 0 aliphatic carbocycles. The van der Waals surface area contributed by atoms with E-state index in [0.29, 0.717) is 0 Å². The zero-order valence-electron chi connectivity index (χ0n) is 15.4. The van der Waals surface area contributed by atoms with E-state index in [1.165, 1.54) is 36.4 Å². The second-order valence-corrected chi connectivity index (χ2v) is 8.25. The predicted molar refractivity (Wildman–Crippen MR) is 110 cm³/mol. The van der Waals surface area contributed by atoms with E-state index < -0.39 is 16.0 Å². The molecule has 7 nitrogen and oxygen atoms in total. The first-order chi connectivity index (χ1) is 14.3. The van der Waals surface area contributed by atoms with Gasteiger partial charge in [0.15, 0.2) is 0 Å². The van der Waals surface area contributed by atoms with Gasteiger partial charge in [-0.05, 0) is 47.5 Å². The molecule has 0 saturated carbocycles. The van der Waals surface area contributed by atoms with Gasteiger partial charge in [0.1, 0.15) is 10.7 Å². The minimum Gasteiger partial charge on any atom is -0.545 e. The number of anilines is 2. The van der Waals surface area contributed by atoms with Crippen LogP contribution in [0.15, 0.2) is 71.6 Å². The van der Waals surface area contributed by atoms with Crippen LogP contribution in [0.25, 0.3) is 0 Å². The SMILES string of the molecule is O=C([O-])c1ccc(NNCc2ccc(F)cc2)c(S(=O)(=O)Nc2ccccc2Cl)c1. The van der Waals surface area contributed by atoms with Gasteiger partial charge in [-0.15, -0.1) is 0 Å². The molecule has 0 bridgehead atoms. The Morgan fingerprint density at radius 1 is 1.00 bits per heavy atom. The molecular formula is C20H16ClFN3O4S-. The lowest BCUT2D eigenvalue weighted by Gasteiger charge is -2.17. The normalized spacial score (nSPS) is 11.1. The van der Waals surface area contributed by atoms with E-state index in [2.05, 4.69) is 15.6 Å². The fourth-order valence-corrected chi connectivity index (χ4v) is 4.07. The van der Waals surface area contributed by atoms with Gasteiger partial charge in [0.2, 0.25) is 0 Å². The number of benzene rings is 3. The van der Waals surface area contributed by atoms with Crippen LogP contribution in [0.4, 0.5) is 15.8 Å². The summed E-state index contributed by atoms with van der Waals surface area (Å²) < 4.78 is 41.2. The fraction of sp³-hybridized carbons (Fsp3) is 0.0500. The largest absolute Gasteiger partial charge is 0.545 e. The average Bonchev–Trinajstić information content (AvgIpc) is 2.71. The van der Waals surface area contributed by atoms with Crippen LogP contribution in [0, 0.1) is 5.82 Å². The molecule has 0 spiro atoms. The monoisotopic (exact) mass is 448 g/mol. The molecule has 0 aliphatic rings. The highest BCUT2D eigenvalue weighted by molar-refractivity contribution is 7.93. The number of para-hydroxylation sites is 1. The summed E-state index contributed by atoms with van der Waals surface area (Å²) in [6, 6.07) is 15.5. The van der Waals surface area contributed by atoms with Gasteiger partial charge >= 0.3 is 0 Å². The third-order valence-corrected chi connectivity index (χ3v) is 5.79. The van der Waals surface area contributed by atoms with Crippen molar-refractivity contribution >= 4 is 39.0 Å². The number of aromatic carboxylic acids is 1. The minimum absolute atomic E-state index is 0.0988. The van der Waals surface area contributed by atoms with Crippen LogP contribution >= 0.6 is 11.6 Å². The van der Waals surface area contributed by atoms with E-state index in [1.54, 1.807) is 24.3 Å². The molecule has 3 aromatic carbocycles. The van der Waals surface area contributed by atoms with Gasteiger partial charge in [0.25, 0.3) is 10.0 Å². The summed E-state index contributed by atoms with van der Waals surface area (Å²) >= 11 is 6.02. The Hall–Kier alpha value is -3.14. The van der Waals surface area contributed by atoms with Crippen molar-refractivity contribution < 1.29 is 22.7 Å². The Bertz CT molecular complexity index is 1170. The number of halogens is 2. The highest BCUT2D eigenvalue weighted by Crippen LogP contribution is 2.28. The number of nitrogens with one attached hydrogen (secondary N) is 3. The molecule has 3 aromatic rings. The van der Waals surface area contributed by atoms with Crippen LogP contribution in [0.2, 0.25) is 5.02 Å². The number of hydrazine groups is 1. The molecule has 30 heavy (non-hydrogen) atoms. The first kappa shape index (κ1) is 21.6. The van der Waals surface area contributed by atoms with Crippen LogP contribution in [-0.4, -0.2) is 14.4 Å². The lowest BCUT2D eigenvalue weighted by molar-refractivity contribution is -0.255. The number of hydrogen-bond donors (Lipinski definition) is 3. The predicted octanol–water partition coefficient (Wildman–Crippen LogP) is 2.76. The third-order valence-electron chi connectivity index (χ3n) is 4.05. The first-order valence-electron chi connectivity index (χ1n) is 8.62. The molecule has 10 heteroatoms. The van der Waals surface area contributed by atoms with Crippen molar-refractivity contribution in [1.82, 2.24) is 5.43 Å². The van der Waals surface area contributed by atoms with Crippen molar-refractivity contribution in [3.05, 3.63) is 88.7 Å². The van der Waals surface area contributed by atoms with Crippen LogP contribution in [-0.2, 0) is 16.6 Å². The lowest BCUT2D eigenvalue weighted by Crippen LogP contribution is -2.26. The molecule has 3 rings (SSSR count). The second kappa shape index (κ2) is 9.12. The molecule has 0 amide bonds. The molecule has 0 saturated heterocycles. The van der Waals surface area contributed by atoms with Crippen molar-refractivity contribution in [3.8, 4) is 0 Å². The molecule has 0 aliphatic heterocycles. The second-order valence-electron chi connectivity index (χ2n) is 6.19. The van der Waals surface area contributed by atoms with Crippen molar-refractivity contribution in [3.63, 3.8) is 0 Å². The van der Waals surface area contributed by atoms with E-state index in [-0.39, 0.29) is 39.2 Å². The number of carboxylic acids is 1. The average molecular weight is 449 g/mol. The van der Waals surface area contributed by atoms with Crippen LogP contribution in [0.5, 0.6) is 0 Å². The smallest absolute Gasteiger partial charge is 0.264 e. The molecule has 0 fully saturated rings. The number of sulfonamides is 1. The molecular weight excluding hydrogens is 433 g/mol. The zero-order chi connectivity index (χ0) is 21.7. The molecule has 0 radical (unpaired) electrons. The van der Waals surface area contributed by atoms with E-state index >= 15 is 0 Å².